The van der Waals surface area contributed by atoms with Crippen LogP contribution in [0, 0.1) is 0 Å². The molecule has 7 heteroatoms. The Morgan fingerprint density at radius 3 is 2.48 bits per heavy atom. The molecule has 0 aliphatic heterocycles. The fraction of sp³-hybridized carbons (Fsp3) is 0.333. The smallest absolute Gasteiger partial charge is 0.321 e. The zero-order valence-electron chi connectivity index (χ0n) is 14.9. The molecule has 0 unspecified atom stereocenters. The molecule has 7 nitrogen and oxygen atoms in total. The van der Waals surface area contributed by atoms with Gasteiger partial charge in [0.2, 0.25) is 0 Å². The number of ether oxygens (including phenoxy) is 2. The SMILES string of the molecule is COc1ccc([C@@H](CN(C)C)NC(=O)Nc2ncccc2OC)cc1. The number of carbonyl (C=O) groups excluding carboxylic acids is 1. The molecule has 2 amide bonds. The van der Waals surface area contributed by atoms with Crippen LogP contribution >= 0.6 is 0 Å². The van der Waals surface area contributed by atoms with Gasteiger partial charge < -0.3 is 19.7 Å². The number of methoxy groups -OCH3 is 2. The van der Waals surface area contributed by atoms with Crippen molar-refractivity contribution in [3.05, 3.63) is 48.2 Å². The van der Waals surface area contributed by atoms with E-state index in [1.54, 1.807) is 25.4 Å². The molecule has 0 aliphatic carbocycles. The second kappa shape index (κ2) is 8.89. The van der Waals surface area contributed by atoms with Crippen molar-refractivity contribution in [3.63, 3.8) is 0 Å². The summed E-state index contributed by atoms with van der Waals surface area (Å²) in [6.45, 7) is 0.652. The molecule has 134 valence electrons. The van der Waals surface area contributed by atoms with E-state index >= 15 is 0 Å². The molecule has 2 aromatic rings. The van der Waals surface area contributed by atoms with Gasteiger partial charge in [0, 0.05) is 12.7 Å². The van der Waals surface area contributed by atoms with Gasteiger partial charge in [0.05, 0.1) is 20.3 Å². The number of aromatic nitrogens is 1. The summed E-state index contributed by atoms with van der Waals surface area (Å²) < 4.78 is 10.4. The Hall–Kier alpha value is -2.80. The average molecular weight is 344 g/mol. The molecule has 1 atom stereocenters. The lowest BCUT2D eigenvalue weighted by Gasteiger charge is -2.23. The number of urea groups is 1. The predicted molar refractivity (Wildman–Crippen MR) is 97.2 cm³/mol. The summed E-state index contributed by atoms with van der Waals surface area (Å²) in [5.74, 6) is 1.65. The normalized spacial score (nSPS) is 11.7. The van der Waals surface area contributed by atoms with Gasteiger partial charge in [-0.1, -0.05) is 12.1 Å². The van der Waals surface area contributed by atoms with Gasteiger partial charge in [0.1, 0.15) is 5.75 Å². The standard InChI is InChI=1S/C18H24N4O3/c1-22(2)12-15(13-7-9-14(24-3)10-8-13)20-18(23)21-17-16(25-4)6-5-11-19-17/h5-11,15H,12H2,1-4H3,(H2,19,20,21,23)/t15-/m1/s1. The van der Waals surface area contributed by atoms with Gasteiger partial charge in [-0.2, -0.15) is 0 Å². The summed E-state index contributed by atoms with van der Waals surface area (Å²) >= 11 is 0. The highest BCUT2D eigenvalue weighted by Gasteiger charge is 2.17. The highest BCUT2D eigenvalue weighted by Crippen LogP contribution is 2.21. The zero-order chi connectivity index (χ0) is 18.2. The van der Waals surface area contributed by atoms with Crippen molar-refractivity contribution in [2.75, 3.05) is 40.2 Å². The maximum Gasteiger partial charge on any atom is 0.321 e. The lowest BCUT2D eigenvalue weighted by Crippen LogP contribution is -2.38. The fourth-order valence-corrected chi connectivity index (χ4v) is 2.39. The van der Waals surface area contributed by atoms with Gasteiger partial charge in [-0.3, -0.25) is 5.32 Å². The van der Waals surface area contributed by atoms with Crippen molar-refractivity contribution in [2.24, 2.45) is 0 Å². The van der Waals surface area contributed by atoms with Crippen LogP contribution in [0.5, 0.6) is 11.5 Å². The van der Waals surface area contributed by atoms with E-state index in [9.17, 15) is 4.79 Å². The van der Waals surface area contributed by atoms with E-state index in [1.807, 2.05) is 43.3 Å². The zero-order valence-corrected chi connectivity index (χ0v) is 14.9. The molecule has 0 aliphatic rings. The summed E-state index contributed by atoms with van der Waals surface area (Å²) in [7, 11) is 7.07. The summed E-state index contributed by atoms with van der Waals surface area (Å²) in [6.07, 6.45) is 1.60. The fourth-order valence-electron chi connectivity index (χ4n) is 2.39. The van der Waals surface area contributed by atoms with E-state index in [2.05, 4.69) is 15.6 Å². The van der Waals surface area contributed by atoms with Gasteiger partial charge in [-0.25, -0.2) is 9.78 Å². The highest BCUT2D eigenvalue weighted by atomic mass is 16.5. The molecule has 1 aromatic heterocycles. The summed E-state index contributed by atoms with van der Waals surface area (Å²) in [6, 6.07) is 10.6. The Labute approximate surface area is 148 Å². The van der Waals surface area contributed by atoms with Gasteiger partial charge in [0.15, 0.2) is 11.6 Å². The maximum absolute atomic E-state index is 12.4. The molecule has 2 N–H and O–H groups in total. The van der Waals surface area contributed by atoms with Crippen LogP contribution in [-0.2, 0) is 0 Å². The molecule has 1 heterocycles. The Morgan fingerprint density at radius 2 is 1.88 bits per heavy atom. The third kappa shape index (κ3) is 5.36. The van der Waals surface area contributed by atoms with Gasteiger partial charge in [-0.05, 0) is 43.9 Å². The number of rotatable bonds is 7. The molecule has 0 saturated heterocycles. The second-order valence-corrected chi connectivity index (χ2v) is 5.74. The second-order valence-electron chi connectivity index (χ2n) is 5.74. The first kappa shape index (κ1) is 18.5. The molecule has 0 spiro atoms. The van der Waals surface area contributed by atoms with Crippen molar-refractivity contribution < 1.29 is 14.3 Å². The first-order valence-corrected chi connectivity index (χ1v) is 7.88. The van der Waals surface area contributed by atoms with Crippen LogP contribution in [0.15, 0.2) is 42.6 Å². The lowest BCUT2D eigenvalue weighted by atomic mass is 10.1. The molecule has 25 heavy (non-hydrogen) atoms. The van der Waals surface area contributed by atoms with Crippen LogP contribution in [0.3, 0.4) is 0 Å². The van der Waals surface area contributed by atoms with Gasteiger partial charge in [-0.15, -0.1) is 0 Å². The number of nitrogens with zero attached hydrogens (tertiary/aromatic N) is 2. The number of anilines is 1. The molecule has 1 aromatic carbocycles. The van der Waals surface area contributed by atoms with Gasteiger partial charge in [0.25, 0.3) is 0 Å². The van der Waals surface area contributed by atoms with Crippen molar-refractivity contribution in [3.8, 4) is 11.5 Å². The number of likely N-dealkylation sites (N-methyl/N-ethyl adjacent to an activating group) is 1. The number of benzene rings is 1. The van der Waals surface area contributed by atoms with Crippen molar-refractivity contribution in [2.45, 2.75) is 6.04 Å². The minimum absolute atomic E-state index is 0.185. The number of hydrogen-bond acceptors (Lipinski definition) is 5. The number of carbonyl (C=O) groups is 1. The third-order valence-corrected chi connectivity index (χ3v) is 3.59. The predicted octanol–water partition coefficient (Wildman–Crippen LogP) is 2.52. The Balaban J connectivity index is 2.11. The molecule has 0 radical (unpaired) electrons. The molecule has 0 fully saturated rings. The van der Waals surface area contributed by atoms with E-state index in [-0.39, 0.29) is 12.1 Å². The quantitative estimate of drug-likeness (QED) is 0.807. The summed E-state index contributed by atoms with van der Waals surface area (Å²) in [5, 5.41) is 5.70. The first-order chi connectivity index (χ1) is 12.0. The van der Waals surface area contributed by atoms with E-state index in [0.29, 0.717) is 18.1 Å². The van der Waals surface area contributed by atoms with Crippen molar-refractivity contribution in [1.82, 2.24) is 15.2 Å². The van der Waals surface area contributed by atoms with E-state index in [1.165, 1.54) is 7.11 Å². The van der Waals surface area contributed by atoms with E-state index in [4.69, 9.17) is 9.47 Å². The Bertz CT molecular complexity index is 689. The van der Waals surface area contributed by atoms with Crippen LogP contribution < -0.4 is 20.1 Å². The lowest BCUT2D eigenvalue weighted by molar-refractivity contribution is 0.244. The topological polar surface area (TPSA) is 75.7 Å². The molecular formula is C18H24N4O3. The summed E-state index contributed by atoms with van der Waals surface area (Å²) in [5.41, 5.74) is 0.984. The van der Waals surface area contributed by atoms with E-state index < -0.39 is 0 Å². The van der Waals surface area contributed by atoms with Crippen LogP contribution in [0.2, 0.25) is 0 Å². The van der Waals surface area contributed by atoms with Crippen LogP contribution in [-0.4, -0.2) is 50.8 Å². The van der Waals surface area contributed by atoms with Crippen LogP contribution in [0.25, 0.3) is 0 Å². The third-order valence-electron chi connectivity index (χ3n) is 3.59. The minimum atomic E-state index is -0.348. The number of hydrogen-bond donors (Lipinski definition) is 2. The Morgan fingerprint density at radius 1 is 1.16 bits per heavy atom. The molecule has 0 bridgehead atoms. The number of pyridine rings is 1. The first-order valence-electron chi connectivity index (χ1n) is 7.88. The molecule has 0 saturated carbocycles. The molecule has 2 rings (SSSR count). The minimum Gasteiger partial charge on any atom is -0.497 e. The van der Waals surface area contributed by atoms with Crippen LogP contribution in [0.1, 0.15) is 11.6 Å². The van der Waals surface area contributed by atoms with Crippen LogP contribution in [0.4, 0.5) is 10.6 Å². The monoisotopic (exact) mass is 344 g/mol. The highest BCUT2D eigenvalue weighted by molar-refractivity contribution is 5.89. The maximum atomic E-state index is 12.4. The Kier molecular flexibility index (Phi) is 6.59. The van der Waals surface area contributed by atoms with Crippen molar-refractivity contribution in [1.29, 1.82) is 0 Å². The van der Waals surface area contributed by atoms with E-state index in [0.717, 1.165) is 11.3 Å². The van der Waals surface area contributed by atoms with Gasteiger partial charge >= 0.3 is 6.03 Å². The summed E-state index contributed by atoms with van der Waals surface area (Å²) in [4.78, 5) is 18.5. The average Bonchev–Trinajstić information content (AvgIpc) is 2.61. The molecular weight excluding hydrogens is 320 g/mol. The largest absolute Gasteiger partial charge is 0.497 e. The number of nitrogens with one attached hydrogen (secondary N) is 2. The number of amides is 2. The van der Waals surface area contributed by atoms with Crippen molar-refractivity contribution >= 4 is 11.8 Å².